The van der Waals surface area contributed by atoms with E-state index >= 15 is 0 Å². The lowest BCUT2D eigenvalue weighted by Crippen LogP contribution is -2.09. The average molecular weight is 665 g/mol. The number of fused-ring (bicyclic) bond motifs is 6. The number of para-hydroxylation sites is 2. The second-order valence-electron chi connectivity index (χ2n) is 13.7. The number of aromatic nitrogens is 1. The number of nitrogens with zero attached hydrogens (tertiary/aromatic N) is 2. The Morgan fingerprint density at radius 3 is 1.90 bits per heavy atom. The van der Waals surface area contributed by atoms with Crippen molar-refractivity contribution in [3.05, 3.63) is 199 Å². The van der Waals surface area contributed by atoms with E-state index in [1.807, 2.05) is 0 Å². The van der Waals surface area contributed by atoms with Crippen LogP contribution in [-0.4, -0.2) is 4.57 Å². The van der Waals surface area contributed by atoms with Crippen molar-refractivity contribution in [2.45, 2.75) is 12.8 Å². The molecule has 10 rings (SSSR count). The summed E-state index contributed by atoms with van der Waals surface area (Å²) >= 11 is 0. The Kier molecular flexibility index (Phi) is 7.32. The lowest BCUT2D eigenvalue weighted by Gasteiger charge is -2.26. The number of allylic oxidation sites excluding steroid dienone is 1. The number of rotatable bonds is 6. The molecule has 0 amide bonds. The first-order chi connectivity index (χ1) is 25.8. The Bertz CT molecular complexity index is 2750. The monoisotopic (exact) mass is 664 g/mol. The van der Waals surface area contributed by atoms with Gasteiger partial charge in [-0.15, -0.1) is 0 Å². The molecule has 9 aromatic rings. The predicted octanol–water partition coefficient (Wildman–Crippen LogP) is 13.7. The number of anilines is 3. The van der Waals surface area contributed by atoms with E-state index in [1.54, 1.807) is 0 Å². The predicted molar refractivity (Wildman–Crippen MR) is 221 cm³/mol. The van der Waals surface area contributed by atoms with Crippen LogP contribution >= 0.6 is 0 Å². The fourth-order valence-corrected chi connectivity index (χ4v) is 8.16. The van der Waals surface area contributed by atoms with Crippen molar-refractivity contribution >= 4 is 55.7 Å². The van der Waals surface area contributed by atoms with Crippen LogP contribution in [0.1, 0.15) is 17.5 Å². The molecule has 1 heterocycles. The molecule has 52 heavy (non-hydrogen) atoms. The van der Waals surface area contributed by atoms with Gasteiger partial charge in [0, 0.05) is 33.5 Å². The Morgan fingerprint density at radius 2 is 1.12 bits per heavy atom. The molecule has 1 aliphatic rings. The van der Waals surface area contributed by atoms with Crippen LogP contribution in [0.5, 0.6) is 0 Å². The second kappa shape index (κ2) is 12.6. The second-order valence-corrected chi connectivity index (χ2v) is 13.7. The van der Waals surface area contributed by atoms with Crippen LogP contribution in [0.15, 0.2) is 188 Å². The van der Waals surface area contributed by atoms with Gasteiger partial charge >= 0.3 is 0 Å². The van der Waals surface area contributed by atoms with Crippen molar-refractivity contribution in [1.29, 1.82) is 0 Å². The van der Waals surface area contributed by atoms with E-state index in [1.165, 1.54) is 71.6 Å². The van der Waals surface area contributed by atoms with Gasteiger partial charge in [-0.2, -0.15) is 0 Å². The van der Waals surface area contributed by atoms with Gasteiger partial charge in [0.2, 0.25) is 0 Å². The highest BCUT2D eigenvalue weighted by atomic mass is 15.1. The third-order valence-corrected chi connectivity index (χ3v) is 10.6. The molecule has 0 spiro atoms. The van der Waals surface area contributed by atoms with Crippen LogP contribution in [-0.2, 0) is 6.42 Å². The zero-order valence-electron chi connectivity index (χ0n) is 28.8. The molecule has 0 radical (unpaired) electrons. The summed E-state index contributed by atoms with van der Waals surface area (Å²) in [6.07, 6.45) is 6.85. The van der Waals surface area contributed by atoms with Gasteiger partial charge in [0.15, 0.2) is 0 Å². The summed E-state index contributed by atoms with van der Waals surface area (Å²) in [4.78, 5) is 2.34. The first-order valence-corrected chi connectivity index (χ1v) is 18.2. The Balaban J connectivity index is 1.05. The van der Waals surface area contributed by atoms with Gasteiger partial charge in [0.1, 0.15) is 0 Å². The fourth-order valence-electron chi connectivity index (χ4n) is 8.16. The quantitative estimate of drug-likeness (QED) is 0.172. The molecule has 1 aromatic heterocycles. The van der Waals surface area contributed by atoms with Crippen LogP contribution < -0.4 is 4.90 Å². The summed E-state index contributed by atoms with van der Waals surface area (Å²) in [5, 5.41) is 5.17. The first-order valence-electron chi connectivity index (χ1n) is 18.2. The number of hydrogen-bond acceptors (Lipinski definition) is 1. The molecule has 246 valence electrons. The van der Waals surface area contributed by atoms with Gasteiger partial charge < -0.3 is 9.47 Å². The molecule has 0 saturated heterocycles. The standard InChI is InChI=1S/C50H36N2/c1-3-15-40(16-4-1)51(43-30-24-38(25-31-43)45-21-11-14-36-12-7-9-19-44(36)45)42-28-22-35(23-29-42)39-26-32-47-49(34-39)52(41-17-5-2-6-18-41)48-33-27-37-13-8-10-20-46(37)50(47)48/h1-7,9-12,14-34H,8,13H2. The van der Waals surface area contributed by atoms with Crippen molar-refractivity contribution in [2.24, 2.45) is 0 Å². The maximum absolute atomic E-state index is 2.43. The molecule has 0 unspecified atom stereocenters. The third-order valence-electron chi connectivity index (χ3n) is 10.6. The van der Waals surface area contributed by atoms with Gasteiger partial charge in [-0.05, 0) is 118 Å². The van der Waals surface area contributed by atoms with E-state index in [4.69, 9.17) is 0 Å². The van der Waals surface area contributed by atoms with Crippen LogP contribution in [0.25, 0.3) is 66.6 Å². The van der Waals surface area contributed by atoms with Gasteiger partial charge in [-0.1, -0.05) is 133 Å². The van der Waals surface area contributed by atoms with Crippen LogP contribution in [0.3, 0.4) is 0 Å². The summed E-state index contributed by atoms with van der Waals surface area (Å²) in [6.45, 7) is 0. The molecule has 8 aromatic carbocycles. The van der Waals surface area contributed by atoms with Crippen LogP contribution in [0.4, 0.5) is 17.1 Å². The molecular weight excluding hydrogens is 629 g/mol. The molecule has 0 aliphatic heterocycles. The minimum atomic E-state index is 1.10. The molecule has 0 atom stereocenters. The van der Waals surface area contributed by atoms with E-state index in [2.05, 4.69) is 204 Å². The van der Waals surface area contributed by atoms with E-state index < -0.39 is 0 Å². The highest BCUT2D eigenvalue weighted by Crippen LogP contribution is 2.41. The zero-order chi connectivity index (χ0) is 34.4. The van der Waals surface area contributed by atoms with Gasteiger partial charge in [0.25, 0.3) is 0 Å². The van der Waals surface area contributed by atoms with Crippen molar-refractivity contribution in [2.75, 3.05) is 4.90 Å². The summed E-state index contributed by atoms with van der Waals surface area (Å²) in [6, 6.07) is 66.2. The summed E-state index contributed by atoms with van der Waals surface area (Å²) < 4.78 is 2.43. The van der Waals surface area contributed by atoms with Gasteiger partial charge in [-0.25, -0.2) is 0 Å². The van der Waals surface area contributed by atoms with Gasteiger partial charge in [-0.3, -0.25) is 0 Å². The lowest BCUT2D eigenvalue weighted by molar-refractivity contribution is 0.989. The van der Waals surface area contributed by atoms with E-state index in [0.717, 1.165) is 29.9 Å². The van der Waals surface area contributed by atoms with Crippen LogP contribution in [0, 0.1) is 0 Å². The molecule has 2 heteroatoms. The highest BCUT2D eigenvalue weighted by molar-refractivity contribution is 6.14. The summed E-state index contributed by atoms with van der Waals surface area (Å²) in [5.41, 5.74) is 14.7. The zero-order valence-corrected chi connectivity index (χ0v) is 28.8. The Hall–Kier alpha value is -6.64. The fraction of sp³-hybridized carbons (Fsp3) is 0.0400. The number of benzene rings is 8. The number of hydrogen-bond donors (Lipinski definition) is 0. The molecule has 1 aliphatic carbocycles. The van der Waals surface area contributed by atoms with Crippen molar-refractivity contribution < 1.29 is 0 Å². The third kappa shape index (κ3) is 5.11. The van der Waals surface area contributed by atoms with Crippen molar-refractivity contribution in [3.8, 4) is 27.9 Å². The van der Waals surface area contributed by atoms with E-state index in [-0.39, 0.29) is 0 Å². The minimum absolute atomic E-state index is 1.10. The molecule has 0 bridgehead atoms. The molecular formula is C50H36N2. The molecule has 2 nitrogen and oxygen atoms in total. The smallest absolute Gasteiger partial charge is 0.0547 e. The summed E-state index contributed by atoms with van der Waals surface area (Å²) in [7, 11) is 0. The first kappa shape index (κ1) is 30.2. The van der Waals surface area contributed by atoms with E-state index in [9.17, 15) is 0 Å². The largest absolute Gasteiger partial charge is 0.311 e. The highest BCUT2D eigenvalue weighted by Gasteiger charge is 2.19. The maximum atomic E-state index is 2.43. The lowest BCUT2D eigenvalue weighted by atomic mass is 9.93. The molecule has 0 N–H and O–H groups in total. The maximum Gasteiger partial charge on any atom is 0.0547 e. The molecule has 0 saturated carbocycles. The molecule has 0 fully saturated rings. The SMILES string of the molecule is C1=Cc2c(ccc3c2c2ccc(-c4ccc(N(c5ccccc5)c5ccc(-c6cccc7ccccc67)cc5)cc4)cc2n3-c2ccccc2)CC1. The van der Waals surface area contributed by atoms with Gasteiger partial charge in [0.05, 0.1) is 11.0 Å². The van der Waals surface area contributed by atoms with E-state index in [0.29, 0.717) is 0 Å². The Labute approximate surface area is 304 Å². The van der Waals surface area contributed by atoms with Crippen molar-refractivity contribution in [1.82, 2.24) is 4.57 Å². The topological polar surface area (TPSA) is 8.17 Å². The normalized spacial score (nSPS) is 12.4. The van der Waals surface area contributed by atoms with Crippen molar-refractivity contribution in [3.63, 3.8) is 0 Å². The Morgan fingerprint density at radius 1 is 0.462 bits per heavy atom. The summed E-state index contributed by atoms with van der Waals surface area (Å²) in [5.74, 6) is 0. The van der Waals surface area contributed by atoms with Crippen LogP contribution in [0.2, 0.25) is 0 Å². The average Bonchev–Trinajstić information content (AvgIpc) is 3.56. The number of aryl methyl sites for hydroxylation is 1. The minimum Gasteiger partial charge on any atom is -0.311 e.